The fourth-order valence-electron chi connectivity index (χ4n) is 2.92. The second-order valence-electron chi connectivity index (χ2n) is 5.98. The lowest BCUT2D eigenvalue weighted by atomic mass is 9.97. The molecule has 1 aromatic carbocycles. The number of carbonyl (C=O) groups excluding carboxylic acids is 2. The average molecular weight is 345 g/mol. The summed E-state index contributed by atoms with van der Waals surface area (Å²) < 4.78 is 13.0. The van der Waals surface area contributed by atoms with Crippen LogP contribution in [0.4, 0.5) is 4.39 Å². The molecule has 1 aliphatic heterocycles. The average Bonchev–Trinajstić information content (AvgIpc) is 3.12. The van der Waals surface area contributed by atoms with E-state index in [-0.39, 0.29) is 29.2 Å². The van der Waals surface area contributed by atoms with E-state index < -0.39 is 0 Å². The number of aromatic nitrogens is 3. The molecule has 1 fully saturated rings. The molecule has 132 valence electrons. The third-order valence-electron chi connectivity index (χ3n) is 4.20. The van der Waals surface area contributed by atoms with Crippen molar-refractivity contribution in [3.8, 4) is 5.69 Å². The van der Waals surface area contributed by atoms with Crippen molar-refractivity contribution in [1.29, 1.82) is 0 Å². The van der Waals surface area contributed by atoms with E-state index in [1.165, 1.54) is 35.3 Å². The molecule has 0 spiro atoms. The maximum atomic E-state index is 13.0. The van der Waals surface area contributed by atoms with Gasteiger partial charge in [-0.1, -0.05) is 0 Å². The highest BCUT2D eigenvalue weighted by atomic mass is 19.1. The quantitative estimate of drug-likeness (QED) is 0.908. The molecular weight excluding hydrogens is 325 g/mol. The topological polar surface area (TPSA) is 80.1 Å². The van der Waals surface area contributed by atoms with E-state index in [0.29, 0.717) is 25.3 Å². The van der Waals surface area contributed by atoms with Gasteiger partial charge >= 0.3 is 0 Å². The SMILES string of the molecule is CCNC(=O)C1CCCN(C(=O)c2cnn(-c3ccc(F)cc3)n2)C1. The summed E-state index contributed by atoms with van der Waals surface area (Å²) in [6, 6.07) is 5.69. The molecule has 0 saturated carbocycles. The highest BCUT2D eigenvalue weighted by Gasteiger charge is 2.29. The van der Waals surface area contributed by atoms with Gasteiger partial charge in [0, 0.05) is 19.6 Å². The summed E-state index contributed by atoms with van der Waals surface area (Å²) in [6.45, 7) is 3.43. The number of nitrogens with zero attached hydrogens (tertiary/aromatic N) is 4. The number of hydrogen-bond donors (Lipinski definition) is 1. The molecule has 1 saturated heterocycles. The van der Waals surface area contributed by atoms with Crippen molar-refractivity contribution in [1.82, 2.24) is 25.2 Å². The lowest BCUT2D eigenvalue weighted by Gasteiger charge is -2.31. The van der Waals surface area contributed by atoms with Crippen molar-refractivity contribution in [3.63, 3.8) is 0 Å². The number of nitrogens with one attached hydrogen (secondary N) is 1. The maximum absolute atomic E-state index is 13.0. The Bertz CT molecular complexity index is 759. The van der Waals surface area contributed by atoms with Crippen LogP contribution in [0.25, 0.3) is 5.69 Å². The van der Waals surface area contributed by atoms with Gasteiger partial charge in [0.15, 0.2) is 5.69 Å². The molecule has 0 aliphatic carbocycles. The highest BCUT2D eigenvalue weighted by Crippen LogP contribution is 2.18. The van der Waals surface area contributed by atoms with Crippen LogP contribution in [-0.4, -0.2) is 51.3 Å². The second kappa shape index (κ2) is 7.42. The number of halogens is 1. The molecule has 2 aromatic rings. The first kappa shape index (κ1) is 17.1. The summed E-state index contributed by atoms with van der Waals surface area (Å²) in [5.41, 5.74) is 0.778. The molecule has 8 heteroatoms. The summed E-state index contributed by atoms with van der Waals surface area (Å²) >= 11 is 0. The lowest BCUT2D eigenvalue weighted by molar-refractivity contribution is -0.126. The van der Waals surface area contributed by atoms with Gasteiger partial charge in [0.2, 0.25) is 5.91 Å². The maximum Gasteiger partial charge on any atom is 0.276 e. The number of amides is 2. The standard InChI is InChI=1S/C17H20FN5O2/c1-2-19-16(24)12-4-3-9-22(11-12)17(25)15-10-20-23(21-15)14-7-5-13(18)6-8-14/h5-8,10,12H,2-4,9,11H2,1H3,(H,19,24). The van der Waals surface area contributed by atoms with Gasteiger partial charge in [0.1, 0.15) is 5.82 Å². The number of benzene rings is 1. The first-order valence-electron chi connectivity index (χ1n) is 8.33. The number of likely N-dealkylation sites (tertiary alicyclic amines) is 1. The van der Waals surface area contributed by atoms with Crippen LogP contribution in [-0.2, 0) is 4.79 Å². The zero-order valence-corrected chi connectivity index (χ0v) is 14.0. The lowest BCUT2D eigenvalue weighted by Crippen LogP contribution is -2.45. The van der Waals surface area contributed by atoms with Gasteiger partial charge in [-0.05, 0) is 44.0 Å². The first-order chi connectivity index (χ1) is 12.1. The van der Waals surface area contributed by atoms with Gasteiger partial charge in [-0.2, -0.15) is 9.90 Å². The first-order valence-corrected chi connectivity index (χ1v) is 8.33. The van der Waals surface area contributed by atoms with Crippen LogP contribution in [0.15, 0.2) is 30.5 Å². The van der Waals surface area contributed by atoms with Crippen molar-refractivity contribution in [2.75, 3.05) is 19.6 Å². The third-order valence-corrected chi connectivity index (χ3v) is 4.20. The van der Waals surface area contributed by atoms with Crippen LogP contribution >= 0.6 is 0 Å². The molecule has 2 heterocycles. The largest absolute Gasteiger partial charge is 0.356 e. The fraction of sp³-hybridized carbons (Fsp3) is 0.412. The van der Waals surface area contributed by atoms with Crippen LogP contribution in [0.1, 0.15) is 30.3 Å². The van der Waals surface area contributed by atoms with E-state index >= 15 is 0 Å². The molecule has 1 aliphatic rings. The van der Waals surface area contributed by atoms with Crippen LogP contribution in [0.2, 0.25) is 0 Å². The smallest absolute Gasteiger partial charge is 0.276 e. The van der Waals surface area contributed by atoms with Gasteiger partial charge in [-0.3, -0.25) is 9.59 Å². The number of rotatable bonds is 4. The fourth-order valence-corrected chi connectivity index (χ4v) is 2.92. The molecule has 0 radical (unpaired) electrons. The van der Waals surface area contributed by atoms with Crippen LogP contribution in [0, 0.1) is 11.7 Å². The Balaban J connectivity index is 1.70. The Morgan fingerprint density at radius 3 is 2.80 bits per heavy atom. The number of hydrogen-bond acceptors (Lipinski definition) is 4. The summed E-state index contributed by atoms with van der Waals surface area (Å²) in [6.07, 6.45) is 2.94. The van der Waals surface area contributed by atoms with E-state index in [0.717, 1.165) is 12.8 Å². The van der Waals surface area contributed by atoms with Gasteiger partial charge < -0.3 is 10.2 Å². The van der Waals surface area contributed by atoms with Gasteiger partial charge in [-0.15, -0.1) is 5.10 Å². The highest BCUT2D eigenvalue weighted by molar-refractivity contribution is 5.92. The Morgan fingerprint density at radius 2 is 2.08 bits per heavy atom. The molecule has 25 heavy (non-hydrogen) atoms. The number of carbonyl (C=O) groups is 2. The van der Waals surface area contributed by atoms with Crippen LogP contribution < -0.4 is 5.32 Å². The molecule has 2 amide bonds. The Labute approximate surface area is 144 Å². The molecule has 1 aromatic heterocycles. The van der Waals surface area contributed by atoms with Crippen molar-refractivity contribution in [2.45, 2.75) is 19.8 Å². The molecule has 3 rings (SSSR count). The molecule has 1 unspecified atom stereocenters. The third kappa shape index (κ3) is 3.84. The monoisotopic (exact) mass is 345 g/mol. The van der Waals surface area contributed by atoms with Crippen molar-refractivity contribution >= 4 is 11.8 Å². The van der Waals surface area contributed by atoms with E-state index in [2.05, 4.69) is 15.5 Å². The molecular formula is C17H20FN5O2. The zero-order valence-electron chi connectivity index (χ0n) is 14.0. The predicted octanol–water partition coefficient (Wildman–Crippen LogP) is 1.39. The molecule has 1 N–H and O–H groups in total. The summed E-state index contributed by atoms with van der Waals surface area (Å²) in [5, 5.41) is 11.1. The van der Waals surface area contributed by atoms with E-state index in [4.69, 9.17) is 0 Å². The Hall–Kier alpha value is -2.77. The van der Waals surface area contributed by atoms with Crippen LogP contribution in [0.5, 0.6) is 0 Å². The minimum atomic E-state index is -0.350. The van der Waals surface area contributed by atoms with Crippen molar-refractivity contribution < 1.29 is 14.0 Å². The van der Waals surface area contributed by atoms with Gasteiger partial charge in [-0.25, -0.2) is 4.39 Å². The predicted molar refractivity (Wildman–Crippen MR) is 88.6 cm³/mol. The van der Waals surface area contributed by atoms with Crippen molar-refractivity contribution in [3.05, 3.63) is 42.0 Å². The summed E-state index contributed by atoms with van der Waals surface area (Å²) in [4.78, 5) is 27.6. The normalized spacial score (nSPS) is 17.4. The van der Waals surface area contributed by atoms with Crippen molar-refractivity contribution in [2.24, 2.45) is 5.92 Å². The van der Waals surface area contributed by atoms with Gasteiger partial charge in [0.25, 0.3) is 5.91 Å². The van der Waals surface area contributed by atoms with Gasteiger partial charge in [0.05, 0.1) is 17.8 Å². The molecule has 7 nitrogen and oxygen atoms in total. The minimum Gasteiger partial charge on any atom is -0.356 e. The Morgan fingerprint density at radius 1 is 1.32 bits per heavy atom. The summed E-state index contributed by atoms with van der Waals surface area (Å²) in [7, 11) is 0. The zero-order chi connectivity index (χ0) is 17.8. The van der Waals surface area contributed by atoms with E-state index in [9.17, 15) is 14.0 Å². The van der Waals surface area contributed by atoms with Crippen LogP contribution in [0.3, 0.4) is 0 Å². The summed E-state index contributed by atoms with van der Waals surface area (Å²) in [5.74, 6) is -0.806. The number of piperidine rings is 1. The second-order valence-corrected chi connectivity index (χ2v) is 5.98. The van der Waals surface area contributed by atoms with E-state index in [1.807, 2.05) is 6.92 Å². The van der Waals surface area contributed by atoms with E-state index in [1.54, 1.807) is 4.90 Å². The Kier molecular flexibility index (Phi) is 5.06. The molecule has 1 atom stereocenters. The molecule has 0 bridgehead atoms. The minimum absolute atomic E-state index is 0.0185.